The molecule has 0 saturated carbocycles. The van der Waals surface area contributed by atoms with Crippen molar-refractivity contribution >= 4 is 27.3 Å². The summed E-state index contributed by atoms with van der Waals surface area (Å²) in [6.45, 7) is 2.74. The molecule has 0 aliphatic carbocycles. The highest BCUT2D eigenvalue weighted by molar-refractivity contribution is 9.11. The highest BCUT2D eigenvalue weighted by Gasteiger charge is 2.24. The Hall–Kier alpha value is 0.0600. The predicted molar refractivity (Wildman–Crippen MR) is 70.9 cm³/mol. The van der Waals surface area contributed by atoms with Crippen LogP contribution in [-0.2, 0) is 11.2 Å². The Bertz CT molecular complexity index is 344. The summed E-state index contributed by atoms with van der Waals surface area (Å²) < 4.78 is 6.88. The minimum absolute atomic E-state index is 0.0910. The van der Waals surface area contributed by atoms with Gasteiger partial charge in [0.2, 0.25) is 0 Å². The lowest BCUT2D eigenvalue weighted by Gasteiger charge is -2.33. The van der Waals surface area contributed by atoms with E-state index in [2.05, 4.69) is 40.0 Å². The van der Waals surface area contributed by atoms with Crippen LogP contribution in [0.4, 0.5) is 0 Å². The van der Waals surface area contributed by atoms with Gasteiger partial charge in [-0.3, -0.25) is 0 Å². The number of ether oxygens (including phenoxy) is 1. The second-order valence-corrected chi connectivity index (χ2v) is 6.79. The summed E-state index contributed by atoms with van der Waals surface area (Å²) in [5.41, 5.74) is 6.19. The largest absolute Gasteiger partial charge is 0.374 e. The number of hydrogen-bond acceptors (Lipinski definition) is 4. The van der Waals surface area contributed by atoms with Crippen molar-refractivity contribution in [3.8, 4) is 0 Å². The van der Waals surface area contributed by atoms with Crippen molar-refractivity contribution in [3.63, 3.8) is 0 Å². The van der Waals surface area contributed by atoms with Crippen LogP contribution in [0.1, 0.15) is 4.88 Å². The summed E-state index contributed by atoms with van der Waals surface area (Å²) in [6.07, 6.45) is 1.06. The molecule has 2 atom stereocenters. The molecule has 2 N–H and O–H groups in total. The fourth-order valence-electron chi connectivity index (χ4n) is 1.90. The van der Waals surface area contributed by atoms with Gasteiger partial charge in [-0.1, -0.05) is 0 Å². The molecular formula is C11H17BrN2OS. The molecule has 0 bridgehead atoms. The average molecular weight is 305 g/mol. The van der Waals surface area contributed by atoms with Crippen molar-refractivity contribution in [3.05, 3.63) is 20.8 Å². The molecule has 1 aromatic rings. The second-order valence-electron chi connectivity index (χ2n) is 4.25. The van der Waals surface area contributed by atoms with Crippen LogP contribution in [0.3, 0.4) is 0 Å². The molecule has 2 heterocycles. The van der Waals surface area contributed by atoms with Crippen molar-refractivity contribution in [1.29, 1.82) is 0 Å². The lowest BCUT2D eigenvalue weighted by atomic mass is 10.1. The summed E-state index contributed by atoms with van der Waals surface area (Å²) in [4.78, 5) is 3.59. The van der Waals surface area contributed by atoms with Gasteiger partial charge in [-0.2, -0.15) is 0 Å². The van der Waals surface area contributed by atoms with Crippen LogP contribution in [0, 0.1) is 0 Å². The smallest absolute Gasteiger partial charge is 0.0856 e. The minimum atomic E-state index is 0.0910. The SMILES string of the molecule is CN1CCOC(C(N)Cc2ccc(Br)s2)C1. The lowest BCUT2D eigenvalue weighted by molar-refractivity contribution is -0.0318. The molecule has 0 radical (unpaired) electrons. The van der Waals surface area contributed by atoms with Crippen LogP contribution in [0.15, 0.2) is 15.9 Å². The fourth-order valence-corrected chi connectivity index (χ4v) is 3.45. The molecule has 0 aromatic carbocycles. The Labute approximate surface area is 109 Å². The zero-order valence-electron chi connectivity index (χ0n) is 9.36. The normalized spacial score (nSPS) is 24.6. The van der Waals surface area contributed by atoms with E-state index in [0.717, 1.165) is 29.9 Å². The zero-order chi connectivity index (χ0) is 11.5. The fraction of sp³-hybridized carbons (Fsp3) is 0.636. The van der Waals surface area contributed by atoms with E-state index >= 15 is 0 Å². The van der Waals surface area contributed by atoms with E-state index in [1.165, 1.54) is 4.88 Å². The molecule has 90 valence electrons. The molecule has 1 fully saturated rings. The predicted octanol–water partition coefficient (Wildman–Crippen LogP) is 1.71. The number of morpholine rings is 1. The minimum Gasteiger partial charge on any atom is -0.374 e. The van der Waals surface area contributed by atoms with E-state index in [1.807, 2.05) is 0 Å². The van der Waals surface area contributed by atoms with Crippen LogP contribution in [0.25, 0.3) is 0 Å². The second kappa shape index (κ2) is 5.60. The first kappa shape index (κ1) is 12.5. The molecule has 1 saturated heterocycles. The lowest BCUT2D eigenvalue weighted by Crippen LogP contribution is -2.50. The van der Waals surface area contributed by atoms with E-state index in [1.54, 1.807) is 11.3 Å². The van der Waals surface area contributed by atoms with Gasteiger partial charge in [0, 0.05) is 24.0 Å². The first-order valence-electron chi connectivity index (χ1n) is 5.45. The Morgan fingerprint density at radius 3 is 3.12 bits per heavy atom. The number of hydrogen-bond donors (Lipinski definition) is 1. The number of nitrogens with two attached hydrogens (primary N) is 1. The quantitative estimate of drug-likeness (QED) is 0.924. The highest BCUT2D eigenvalue weighted by Crippen LogP contribution is 2.23. The first-order valence-corrected chi connectivity index (χ1v) is 7.06. The molecule has 0 spiro atoms. The third kappa shape index (κ3) is 3.28. The number of rotatable bonds is 3. The molecule has 5 heteroatoms. The number of nitrogens with zero attached hydrogens (tertiary/aromatic N) is 1. The van der Waals surface area contributed by atoms with E-state index in [-0.39, 0.29) is 12.1 Å². The van der Waals surface area contributed by atoms with E-state index < -0.39 is 0 Å². The van der Waals surface area contributed by atoms with Gasteiger partial charge in [0.25, 0.3) is 0 Å². The average Bonchev–Trinajstić information content (AvgIpc) is 2.64. The van der Waals surface area contributed by atoms with Gasteiger partial charge in [-0.15, -0.1) is 11.3 Å². The van der Waals surface area contributed by atoms with Gasteiger partial charge in [0.05, 0.1) is 16.5 Å². The molecule has 3 nitrogen and oxygen atoms in total. The summed E-state index contributed by atoms with van der Waals surface area (Å²) in [5.74, 6) is 0. The van der Waals surface area contributed by atoms with Gasteiger partial charge < -0.3 is 15.4 Å². The van der Waals surface area contributed by atoms with Crippen LogP contribution in [0.2, 0.25) is 0 Å². The van der Waals surface area contributed by atoms with Gasteiger partial charge >= 0.3 is 0 Å². The third-order valence-corrected chi connectivity index (χ3v) is 4.49. The summed E-state index contributed by atoms with van der Waals surface area (Å²) >= 11 is 5.21. The van der Waals surface area contributed by atoms with Crippen molar-refractivity contribution in [2.75, 3.05) is 26.7 Å². The van der Waals surface area contributed by atoms with Crippen molar-refractivity contribution < 1.29 is 4.74 Å². The maximum absolute atomic E-state index is 6.19. The van der Waals surface area contributed by atoms with Crippen molar-refractivity contribution in [1.82, 2.24) is 4.90 Å². The molecule has 2 rings (SSSR count). The molecule has 16 heavy (non-hydrogen) atoms. The van der Waals surface area contributed by atoms with Crippen molar-refractivity contribution in [2.24, 2.45) is 5.73 Å². The Morgan fingerprint density at radius 1 is 1.69 bits per heavy atom. The maximum Gasteiger partial charge on any atom is 0.0856 e. The molecule has 1 aliphatic heterocycles. The first-order chi connectivity index (χ1) is 7.65. The summed E-state index contributed by atoms with van der Waals surface area (Å²) in [5, 5.41) is 0. The monoisotopic (exact) mass is 304 g/mol. The van der Waals surface area contributed by atoms with Crippen LogP contribution in [-0.4, -0.2) is 43.8 Å². The van der Waals surface area contributed by atoms with E-state index in [9.17, 15) is 0 Å². The zero-order valence-corrected chi connectivity index (χ0v) is 11.8. The van der Waals surface area contributed by atoms with E-state index in [0.29, 0.717) is 0 Å². The maximum atomic E-state index is 6.19. The number of thiophene rings is 1. The highest BCUT2D eigenvalue weighted by atomic mass is 79.9. The van der Waals surface area contributed by atoms with Gasteiger partial charge in [-0.25, -0.2) is 0 Å². The molecule has 1 aromatic heterocycles. The van der Waals surface area contributed by atoms with E-state index in [4.69, 9.17) is 10.5 Å². The number of halogens is 1. The Kier molecular flexibility index (Phi) is 4.38. The molecule has 0 amide bonds. The number of likely N-dealkylation sites (N-methyl/N-ethyl adjacent to an activating group) is 1. The van der Waals surface area contributed by atoms with Crippen LogP contribution < -0.4 is 5.73 Å². The topological polar surface area (TPSA) is 38.5 Å². The Balaban J connectivity index is 1.89. The van der Waals surface area contributed by atoms with Gasteiger partial charge in [0.1, 0.15) is 0 Å². The van der Waals surface area contributed by atoms with Crippen molar-refractivity contribution in [2.45, 2.75) is 18.6 Å². The Morgan fingerprint density at radius 2 is 2.50 bits per heavy atom. The molecule has 2 unspecified atom stereocenters. The molecule has 1 aliphatic rings. The van der Waals surface area contributed by atoms with Crippen LogP contribution >= 0.6 is 27.3 Å². The summed E-state index contributed by atoms with van der Waals surface area (Å²) in [7, 11) is 2.12. The standard InChI is InChI=1S/C11H17BrN2OS/c1-14-4-5-15-10(7-14)9(13)6-8-2-3-11(12)16-8/h2-3,9-10H,4-7,13H2,1H3. The molecular weight excluding hydrogens is 288 g/mol. The summed E-state index contributed by atoms with van der Waals surface area (Å²) in [6, 6.07) is 4.29. The van der Waals surface area contributed by atoms with Crippen LogP contribution in [0.5, 0.6) is 0 Å². The van der Waals surface area contributed by atoms with Gasteiger partial charge in [0.15, 0.2) is 0 Å². The third-order valence-electron chi connectivity index (χ3n) is 2.84. The van der Waals surface area contributed by atoms with Gasteiger partial charge in [-0.05, 0) is 41.5 Å².